The van der Waals surface area contributed by atoms with E-state index in [2.05, 4.69) is 0 Å². The summed E-state index contributed by atoms with van der Waals surface area (Å²) in [5.74, 6) is -1.43. The number of hydrogen-bond donors (Lipinski definition) is 1. The summed E-state index contributed by atoms with van der Waals surface area (Å²) in [7, 11) is 0. The number of carboxylic acids is 1. The third-order valence-corrected chi connectivity index (χ3v) is 2.74. The van der Waals surface area contributed by atoms with Gasteiger partial charge in [-0.3, -0.25) is 0 Å². The monoisotopic (exact) mass is 296 g/mol. The standard InChI is InChI=1S/C15H11F3O3/c16-15(17,18)11-7-4-8-12(9-11)21-13(14(19)20)10-5-2-1-3-6-10/h1-9,13H,(H,19,20)/t13-/m0/s1. The van der Waals surface area contributed by atoms with Crippen LogP contribution in [0.3, 0.4) is 0 Å². The van der Waals surface area contributed by atoms with Gasteiger partial charge >= 0.3 is 12.1 Å². The molecular weight excluding hydrogens is 285 g/mol. The largest absolute Gasteiger partial charge is 0.478 e. The number of carbonyl (C=O) groups is 1. The molecule has 110 valence electrons. The van der Waals surface area contributed by atoms with Crippen LogP contribution in [0.15, 0.2) is 54.6 Å². The van der Waals surface area contributed by atoms with Crippen molar-refractivity contribution in [2.24, 2.45) is 0 Å². The van der Waals surface area contributed by atoms with Gasteiger partial charge < -0.3 is 9.84 Å². The Hall–Kier alpha value is -2.50. The number of alkyl halides is 3. The van der Waals surface area contributed by atoms with Gasteiger partial charge in [-0.25, -0.2) is 4.79 Å². The Kier molecular flexibility index (Phi) is 4.16. The van der Waals surface area contributed by atoms with E-state index in [4.69, 9.17) is 9.84 Å². The molecule has 0 aromatic heterocycles. The van der Waals surface area contributed by atoms with Crippen LogP contribution in [0.5, 0.6) is 5.75 Å². The lowest BCUT2D eigenvalue weighted by Gasteiger charge is -2.16. The second-order valence-corrected chi connectivity index (χ2v) is 4.27. The molecule has 0 saturated heterocycles. The molecule has 0 aliphatic heterocycles. The molecule has 2 aromatic rings. The molecule has 1 N–H and O–H groups in total. The van der Waals surface area contributed by atoms with Crippen LogP contribution in [0.1, 0.15) is 17.2 Å². The van der Waals surface area contributed by atoms with Crippen molar-refractivity contribution in [3.63, 3.8) is 0 Å². The number of benzene rings is 2. The predicted octanol–water partition coefficient (Wildman–Crippen LogP) is 3.91. The Labute approximate surface area is 118 Å². The Morgan fingerprint density at radius 1 is 1.05 bits per heavy atom. The van der Waals surface area contributed by atoms with Crippen LogP contribution in [0.2, 0.25) is 0 Å². The first-order valence-corrected chi connectivity index (χ1v) is 5.99. The van der Waals surface area contributed by atoms with Gasteiger partial charge in [-0.15, -0.1) is 0 Å². The first-order chi connectivity index (χ1) is 9.88. The highest BCUT2D eigenvalue weighted by Crippen LogP contribution is 2.32. The minimum atomic E-state index is -4.51. The lowest BCUT2D eigenvalue weighted by Crippen LogP contribution is -2.18. The summed E-state index contributed by atoms with van der Waals surface area (Å²) in [6.45, 7) is 0. The third-order valence-electron chi connectivity index (χ3n) is 2.74. The minimum absolute atomic E-state index is 0.152. The summed E-state index contributed by atoms with van der Waals surface area (Å²) >= 11 is 0. The summed E-state index contributed by atoms with van der Waals surface area (Å²) in [6, 6.07) is 12.1. The van der Waals surface area contributed by atoms with E-state index in [1.165, 1.54) is 24.3 Å². The van der Waals surface area contributed by atoms with E-state index in [0.29, 0.717) is 5.56 Å². The average molecular weight is 296 g/mol. The number of carboxylic acid groups (broad SMARTS) is 1. The molecule has 0 saturated carbocycles. The van der Waals surface area contributed by atoms with E-state index in [1.807, 2.05) is 0 Å². The van der Waals surface area contributed by atoms with E-state index in [9.17, 15) is 18.0 Å². The van der Waals surface area contributed by atoms with Crippen molar-refractivity contribution in [3.05, 3.63) is 65.7 Å². The second-order valence-electron chi connectivity index (χ2n) is 4.27. The molecule has 0 heterocycles. The predicted molar refractivity (Wildman–Crippen MR) is 68.9 cm³/mol. The fourth-order valence-electron chi connectivity index (χ4n) is 1.77. The molecule has 2 rings (SSSR count). The lowest BCUT2D eigenvalue weighted by atomic mass is 10.1. The summed E-state index contributed by atoms with van der Waals surface area (Å²) in [6.07, 6.45) is -5.88. The molecule has 0 aliphatic carbocycles. The number of aliphatic carboxylic acids is 1. The summed E-state index contributed by atoms with van der Waals surface area (Å²) in [5.41, 5.74) is -0.542. The van der Waals surface area contributed by atoms with Crippen molar-refractivity contribution in [1.29, 1.82) is 0 Å². The molecule has 6 heteroatoms. The number of hydrogen-bond acceptors (Lipinski definition) is 2. The zero-order chi connectivity index (χ0) is 15.5. The topological polar surface area (TPSA) is 46.5 Å². The summed E-state index contributed by atoms with van der Waals surface area (Å²) < 4.78 is 43.0. The molecule has 21 heavy (non-hydrogen) atoms. The normalized spacial score (nSPS) is 12.7. The van der Waals surface area contributed by atoms with Crippen LogP contribution < -0.4 is 4.74 Å². The molecule has 0 aliphatic rings. The smallest absolute Gasteiger partial charge is 0.416 e. The van der Waals surface area contributed by atoms with Crippen molar-refractivity contribution in [2.45, 2.75) is 12.3 Å². The Bertz CT molecular complexity index is 624. The zero-order valence-electron chi connectivity index (χ0n) is 10.7. The van der Waals surface area contributed by atoms with Gasteiger partial charge in [0, 0.05) is 5.56 Å². The SMILES string of the molecule is O=C(O)[C@@H](Oc1cccc(C(F)(F)F)c1)c1ccccc1. The minimum Gasteiger partial charge on any atom is -0.478 e. The van der Waals surface area contributed by atoms with Crippen molar-refractivity contribution in [3.8, 4) is 5.75 Å². The van der Waals surface area contributed by atoms with Gasteiger partial charge in [0.1, 0.15) is 5.75 Å². The van der Waals surface area contributed by atoms with Crippen molar-refractivity contribution in [1.82, 2.24) is 0 Å². The maximum Gasteiger partial charge on any atom is 0.416 e. The van der Waals surface area contributed by atoms with Crippen LogP contribution in [-0.2, 0) is 11.0 Å². The maximum absolute atomic E-state index is 12.6. The molecular formula is C15H11F3O3. The van der Waals surface area contributed by atoms with Crippen LogP contribution >= 0.6 is 0 Å². The Morgan fingerprint density at radius 2 is 1.71 bits per heavy atom. The zero-order valence-corrected chi connectivity index (χ0v) is 10.7. The number of rotatable bonds is 4. The summed E-state index contributed by atoms with van der Waals surface area (Å²) in [5, 5.41) is 9.17. The van der Waals surface area contributed by atoms with Gasteiger partial charge in [0.15, 0.2) is 0 Å². The molecule has 0 unspecified atom stereocenters. The summed E-state index contributed by atoms with van der Waals surface area (Å²) in [4.78, 5) is 11.2. The average Bonchev–Trinajstić information content (AvgIpc) is 2.45. The van der Waals surface area contributed by atoms with E-state index in [-0.39, 0.29) is 5.75 Å². The van der Waals surface area contributed by atoms with Crippen LogP contribution in [0.25, 0.3) is 0 Å². The van der Waals surface area contributed by atoms with Crippen LogP contribution in [0, 0.1) is 0 Å². The van der Waals surface area contributed by atoms with Crippen LogP contribution in [0.4, 0.5) is 13.2 Å². The molecule has 0 amide bonds. The van der Waals surface area contributed by atoms with Gasteiger partial charge in [0.25, 0.3) is 0 Å². The molecule has 3 nitrogen and oxygen atoms in total. The highest BCUT2D eigenvalue weighted by molar-refractivity contribution is 5.74. The van der Waals surface area contributed by atoms with Crippen molar-refractivity contribution in [2.75, 3.05) is 0 Å². The van der Waals surface area contributed by atoms with Gasteiger partial charge in [0.2, 0.25) is 6.10 Å². The van der Waals surface area contributed by atoms with Crippen molar-refractivity contribution >= 4 is 5.97 Å². The molecule has 0 spiro atoms. The Morgan fingerprint density at radius 3 is 2.29 bits per heavy atom. The van der Waals surface area contributed by atoms with Crippen molar-refractivity contribution < 1.29 is 27.8 Å². The van der Waals surface area contributed by atoms with Gasteiger partial charge in [-0.05, 0) is 18.2 Å². The molecule has 0 fully saturated rings. The highest BCUT2D eigenvalue weighted by atomic mass is 19.4. The van der Waals surface area contributed by atoms with E-state index in [0.717, 1.165) is 12.1 Å². The fourth-order valence-corrected chi connectivity index (χ4v) is 1.77. The maximum atomic E-state index is 12.6. The molecule has 0 bridgehead atoms. The quantitative estimate of drug-likeness (QED) is 0.930. The van der Waals surface area contributed by atoms with Gasteiger partial charge in [-0.1, -0.05) is 36.4 Å². The first kappa shape index (κ1) is 14.9. The van der Waals surface area contributed by atoms with Gasteiger partial charge in [-0.2, -0.15) is 13.2 Å². The van der Waals surface area contributed by atoms with E-state index >= 15 is 0 Å². The van der Waals surface area contributed by atoms with Gasteiger partial charge in [0.05, 0.1) is 5.56 Å². The third kappa shape index (κ3) is 3.75. The number of ether oxygens (including phenoxy) is 1. The molecule has 1 atom stereocenters. The number of halogens is 3. The Balaban J connectivity index is 2.28. The fraction of sp³-hybridized carbons (Fsp3) is 0.133. The highest BCUT2D eigenvalue weighted by Gasteiger charge is 2.31. The molecule has 0 radical (unpaired) electrons. The van der Waals surface area contributed by atoms with E-state index in [1.54, 1.807) is 18.2 Å². The second kappa shape index (κ2) is 5.87. The van der Waals surface area contributed by atoms with E-state index < -0.39 is 23.8 Å². The molecule has 2 aromatic carbocycles. The first-order valence-electron chi connectivity index (χ1n) is 5.99. The lowest BCUT2D eigenvalue weighted by molar-refractivity contribution is -0.145. The van der Waals surface area contributed by atoms with Crippen LogP contribution in [-0.4, -0.2) is 11.1 Å².